The summed E-state index contributed by atoms with van der Waals surface area (Å²) >= 11 is 0. The highest BCUT2D eigenvalue weighted by atomic mass is 32.2. The summed E-state index contributed by atoms with van der Waals surface area (Å²) in [6.45, 7) is 10.3. The zero-order valence-electron chi connectivity index (χ0n) is 18.7. The Labute approximate surface area is 182 Å². The van der Waals surface area contributed by atoms with E-state index in [0.29, 0.717) is 17.4 Å². The number of para-hydroxylation sites is 1. The van der Waals surface area contributed by atoms with E-state index in [2.05, 4.69) is 16.3 Å². The van der Waals surface area contributed by atoms with Crippen molar-refractivity contribution in [2.24, 2.45) is 0 Å². The van der Waals surface area contributed by atoms with Crippen LogP contribution < -0.4 is 9.62 Å². The Bertz CT molecular complexity index is 953. The number of hydrogen-bond acceptors (Lipinski definition) is 4. The van der Waals surface area contributed by atoms with E-state index < -0.39 is 10.0 Å². The van der Waals surface area contributed by atoms with Crippen molar-refractivity contribution in [2.45, 2.75) is 44.4 Å². The standard InChI is InChI=1S/C24H35N3O2S/c1-5-27(23-11-7-6-10-19(23)2)30(28,29)24-13-12-21(16-20(24)3)22(17-25-4)18-26-14-8-9-15-26/h6-7,10-13,16,22,25H,5,8-9,14-15,17-18H2,1-4H3. The van der Waals surface area contributed by atoms with E-state index >= 15 is 0 Å². The Hall–Kier alpha value is -1.89. The predicted octanol–water partition coefficient (Wildman–Crippen LogP) is 3.92. The van der Waals surface area contributed by atoms with Gasteiger partial charge in [-0.15, -0.1) is 0 Å². The quantitative estimate of drug-likeness (QED) is 0.656. The fourth-order valence-corrected chi connectivity index (χ4v) is 6.21. The summed E-state index contributed by atoms with van der Waals surface area (Å²) in [4.78, 5) is 2.90. The number of sulfonamides is 1. The number of nitrogens with zero attached hydrogens (tertiary/aromatic N) is 2. The zero-order chi connectivity index (χ0) is 21.7. The van der Waals surface area contributed by atoms with Crippen molar-refractivity contribution in [3.05, 3.63) is 59.2 Å². The molecule has 0 bridgehead atoms. The lowest BCUT2D eigenvalue weighted by Gasteiger charge is -2.27. The van der Waals surface area contributed by atoms with E-state index in [9.17, 15) is 8.42 Å². The second kappa shape index (κ2) is 9.94. The van der Waals surface area contributed by atoms with Crippen molar-refractivity contribution in [2.75, 3.05) is 44.1 Å². The van der Waals surface area contributed by atoms with Gasteiger partial charge in [0.1, 0.15) is 0 Å². The van der Waals surface area contributed by atoms with Gasteiger partial charge in [0.2, 0.25) is 0 Å². The van der Waals surface area contributed by atoms with Gasteiger partial charge in [-0.2, -0.15) is 0 Å². The molecule has 0 aliphatic carbocycles. The lowest BCUT2D eigenvalue weighted by molar-refractivity contribution is 0.311. The summed E-state index contributed by atoms with van der Waals surface area (Å²) in [5.41, 5.74) is 3.70. The van der Waals surface area contributed by atoms with E-state index in [-0.39, 0.29) is 0 Å². The van der Waals surface area contributed by atoms with Gasteiger partial charge >= 0.3 is 0 Å². The largest absolute Gasteiger partial charge is 0.319 e. The molecule has 0 amide bonds. The van der Waals surface area contributed by atoms with Crippen LogP contribution in [-0.4, -0.2) is 53.1 Å². The van der Waals surface area contributed by atoms with Crippen LogP contribution in [0, 0.1) is 13.8 Å². The molecule has 1 saturated heterocycles. The first-order valence-corrected chi connectivity index (χ1v) is 12.4. The molecule has 0 spiro atoms. The van der Waals surface area contributed by atoms with Crippen molar-refractivity contribution in [3.8, 4) is 0 Å². The molecule has 1 N–H and O–H groups in total. The SMILES string of the molecule is CCN(c1ccccc1C)S(=O)(=O)c1ccc(C(CNC)CN2CCCC2)cc1C. The summed E-state index contributed by atoms with van der Waals surface area (Å²) in [7, 11) is -1.65. The van der Waals surface area contributed by atoms with Crippen LogP contribution in [0.2, 0.25) is 0 Å². The average molecular weight is 430 g/mol. The summed E-state index contributed by atoms with van der Waals surface area (Å²) in [5.74, 6) is 0.349. The highest BCUT2D eigenvalue weighted by molar-refractivity contribution is 7.92. The highest BCUT2D eigenvalue weighted by Crippen LogP contribution is 2.30. The number of rotatable bonds is 9. The normalized spacial score (nSPS) is 16.0. The maximum atomic E-state index is 13.5. The zero-order valence-corrected chi connectivity index (χ0v) is 19.5. The van der Waals surface area contributed by atoms with Crippen LogP contribution in [0.15, 0.2) is 47.4 Å². The minimum absolute atomic E-state index is 0.349. The molecule has 2 aromatic carbocycles. The van der Waals surface area contributed by atoms with Gasteiger partial charge in [-0.25, -0.2) is 8.42 Å². The molecular formula is C24H35N3O2S. The second-order valence-electron chi connectivity index (χ2n) is 8.24. The third-order valence-electron chi connectivity index (χ3n) is 6.04. The maximum Gasteiger partial charge on any atom is 0.264 e. The minimum atomic E-state index is -3.63. The maximum absolute atomic E-state index is 13.5. The third kappa shape index (κ3) is 4.88. The monoisotopic (exact) mass is 429 g/mol. The molecule has 1 atom stereocenters. The lowest BCUT2D eigenvalue weighted by atomic mass is 9.97. The Kier molecular flexibility index (Phi) is 7.55. The third-order valence-corrected chi connectivity index (χ3v) is 8.09. The van der Waals surface area contributed by atoms with Crippen molar-refractivity contribution in [1.29, 1.82) is 0 Å². The van der Waals surface area contributed by atoms with Crippen LogP contribution in [0.1, 0.15) is 42.4 Å². The predicted molar refractivity (Wildman–Crippen MR) is 125 cm³/mol. The average Bonchev–Trinajstić information content (AvgIpc) is 3.22. The van der Waals surface area contributed by atoms with E-state index in [1.54, 1.807) is 6.07 Å². The molecule has 1 fully saturated rings. The molecule has 1 heterocycles. The van der Waals surface area contributed by atoms with Crippen LogP contribution in [0.3, 0.4) is 0 Å². The first-order valence-electron chi connectivity index (χ1n) is 10.9. The molecule has 1 unspecified atom stereocenters. The highest BCUT2D eigenvalue weighted by Gasteiger charge is 2.27. The summed E-state index contributed by atoms with van der Waals surface area (Å²) < 4.78 is 28.6. The van der Waals surface area contributed by atoms with Crippen molar-refractivity contribution in [3.63, 3.8) is 0 Å². The first-order chi connectivity index (χ1) is 14.4. The van der Waals surface area contributed by atoms with Gasteiger partial charge in [-0.1, -0.05) is 30.3 Å². The van der Waals surface area contributed by atoms with Gasteiger partial charge in [0.25, 0.3) is 10.0 Å². The van der Waals surface area contributed by atoms with E-state index in [1.165, 1.54) is 22.7 Å². The number of aryl methyl sites for hydroxylation is 2. The molecule has 3 rings (SSSR count). The minimum Gasteiger partial charge on any atom is -0.319 e. The summed E-state index contributed by atoms with van der Waals surface area (Å²) in [5, 5.41) is 3.31. The van der Waals surface area contributed by atoms with Gasteiger partial charge in [0.05, 0.1) is 10.6 Å². The summed E-state index contributed by atoms with van der Waals surface area (Å²) in [6.07, 6.45) is 2.54. The molecule has 1 aliphatic rings. The molecule has 6 heteroatoms. The molecule has 0 radical (unpaired) electrons. The van der Waals surface area contributed by atoms with Crippen molar-refractivity contribution >= 4 is 15.7 Å². The number of nitrogens with one attached hydrogen (secondary N) is 1. The number of benzene rings is 2. The molecule has 30 heavy (non-hydrogen) atoms. The van der Waals surface area contributed by atoms with Crippen LogP contribution >= 0.6 is 0 Å². The first kappa shape index (κ1) is 22.8. The van der Waals surface area contributed by atoms with E-state index in [1.807, 2.05) is 58.2 Å². The Morgan fingerprint density at radius 1 is 1.07 bits per heavy atom. The van der Waals surface area contributed by atoms with Crippen LogP contribution in [0.4, 0.5) is 5.69 Å². The molecule has 2 aromatic rings. The van der Waals surface area contributed by atoms with Gasteiger partial charge in [0.15, 0.2) is 0 Å². The topological polar surface area (TPSA) is 52.7 Å². The van der Waals surface area contributed by atoms with Crippen molar-refractivity contribution < 1.29 is 8.42 Å². The molecular weight excluding hydrogens is 394 g/mol. The van der Waals surface area contributed by atoms with Gasteiger partial charge in [-0.3, -0.25) is 4.31 Å². The Balaban J connectivity index is 1.91. The number of likely N-dealkylation sites (N-methyl/N-ethyl adjacent to an activating group) is 1. The number of likely N-dealkylation sites (tertiary alicyclic amines) is 1. The molecule has 1 aliphatic heterocycles. The molecule has 0 aromatic heterocycles. The Morgan fingerprint density at radius 3 is 2.37 bits per heavy atom. The lowest BCUT2D eigenvalue weighted by Crippen LogP contribution is -2.32. The van der Waals surface area contributed by atoms with E-state index in [0.717, 1.165) is 43.0 Å². The number of hydrogen-bond donors (Lipinski definition) is 1. The Morgan fingerprint density at radius 2 is 1.77 bits per heavy atom. The fourth-order valence-electron chi connectivity index (χ4n) is 4.46. The smallest absolute Gasteiger partial charge is 0.264 e. The molecule has 0 saturated carbocycles. The van der Waals surface area contributed by atoms with Gasteiger partial charge < -0.3 is 10.2 Å². The van der Waals surface area contributed by atoms with Crippen LogP contribution in [0.25, 0.3) is 0 Å². The molecule has 5 nitrogen and oxygen atoms in total. The van der Waals surface area contributed by atoms with Gasteiger partial charge in [-0.05, 0) is 82.6 Å². The fraction of sp³-hybridized carbons (Fsp3) is 0.500. The second-order valence-corrected chi connectivity index (χ2v) is 10.1. The van der Waals surface area contributed by atoms with Crippen LogP contribution in [-0.2, 0) is 10.0 Å². The van der Waals surface area contributed by atoms with Crippen molar-refractivity contribution in [1.82, 2.24) is 10.2 Å². The summed E-state index contributed by atoms with van der Waals surface area (Å²) in [6, 6.07) is 13.5. The number of anilines is 1. The van der Waals surface area contributed by atoms with Crippen LogP contribution in [0.5, 0.6) is 0 Å². The van der Waals surface area contributed by atoms with E-state index in [4.69, 9.17) is 0 Å². The molecule has 164 valence electrons. The van der Waals surface area contributed by atoms with Gasteiger partial charge in [0, 0.05) is 25.6 Å².